The Morgan fingerprint density at radius 2 is 1.85 bits per heavy atom. The maximum absolute atomic E-state index is 12.7. The number of hydrogen-bond acceptors (Lipinski definition) is 4. The van der Waals surface area contributed by atoms with Crippen molar-refractivity contribution in [3.63, 3.8) is 0 Å². The number of hydrogen-bond donors (Lipinski definition) is 1. The SMILES string of the molecule is C[C@@H](NC(=O)c1ccnc(-n2cnnc2)c1)c1ccc2c(c1)CCCC2. The highest BCUT2D eigenvalue weighted by Gasteiger charge is 2.15. The molecule has 26 heavy (non-hydrogen) atoms. The molecule has 0 bridgehead atoms. The number of amides is 1. The molecule has 1 amide bonds. The highest BCUT2D eigenvalue weighted by molar-refractivity contribution is 5.94. The second-order valence-corrected chi connectivity index (χ2v) is 6.70. The van der Waals surface area contributed by atoms with Gasteiger partial charge in [-0.15, -0.1) is 10.2 Å². The molecule has 6 nitrogen and oxygen atoms in total. The maximum atomic E-state index is 12.7. The second kappa shape index (κ2) is 7.07. The number of fused-ring (bicyclic) bond motifs is 1. The first kappa shape index (κ1) is 16.4. The van der Waals surface area contributed by atoms with Crippen molar-refractivity contribution in [1.29, 1.82) is 0 Å². The molecular formula is C20H21N5O. The van der Waals surface area contributed by atoms with Crippen molar-refractivity contribution in [3.05, 3.63) is 71.4 Å². The zero-order valence-electron chi connectivity index (χ0n) is 14.7. The van der Waals surface area contributed by atoms with Gasteiger partial charge in [-0.2, -0.15) is 0 Å². The van der Waals surface area contributed by atoms with Gasteiger partial charge in [0.2, 0.25) is 0 Å². The Hall–Kier alpha value is -3.02. The highest BCUT2D eigenvalue weighted by Crippen LogP contribution is 2.25. The average Bonchev–Trinajstić information content (AvgIpc) is 3.22. The van der Waals surface area contributed by atoms with Crippen LogP contribution in [0.15, 0.2) is 49.2 Å². The van der Waals surface area contributed by atoms with E-state index >= 15 is 0 Å². The molecule has 1 aliphatic rings. The van der Waals surface area contributed by atoms with Gasteiger partial charge in [0.15, 0.2) is 0 Å². The Labute approximate surface area is 152 Å². The van der Waals surface area contributed by atoms with Gasteiger partial charge in [-0.3, -0.25) is 9.36 Å². The smallest absolute Gasteiger partial charge is 0.251 e. The Kier molecular flexibility index (Phi) is 4.48. The molecule has 0 saturated carbocycles. The van der Waals surface area contributed by atoms with Crippen LogP contribution in [-0.2, 0) is 12.8 Å². The van der Waals surface area contributed by atoms with Crippen molar-refractivity contribution in [2.24, 2.45) is 0 Å². The van der Waals surface area contributed by atoms with Gasteiger partial charge in [-0.25, -0.2) is 4.98 Å². The fourth-order valence-electron chi connectivity index (χ4n) is 3.41. The van der Waals surface area contributed by atoms with Gasteiger partial charge in [-0.05, 0) is 61.4 Å². The van der Waals surface area contributed by atoms with Crippen LogP contribution in [0.3, 0.4) is 0 Å². The summed E-state index contributed by atoms with van der Waals surface area (Å²) in [6.45, 7) is 2.02. The van der Waals surface area contributed by atoms with Crippen LogP contribution in [0.1, 0.15) is 52.9 Å². The first-order valence-corrected chi connectivity index (χ1v) is 8.94. The third kappa shape index (κ3) is 3.35. The predicted molar refractivity (Wildman–Crippen MR) is 98.1 cm³/mol. The van der Waals surface area contributed by atoms with E-state index in [2.05, 4.69) is 38.7 Å². The summed E-state index contributed by atoms with van der Waals surface area (Å²) in [7, 11) is 0. The van der Waals surface area contributed by atoms with Crippen molar-refractivity contribution < 1.29 is 4.79 Å². The predicted octanol–water partition coefficient (Wildman–Crippen LogP) is 3.03. The van der Waals surface area contributed by atoms with Crippen LogP contribution in [-0.4, -0.2) is 25.7 Å². The minimum absolute atomic E-state index is 0.0544. The van der Waals surface area contributed by atoms with Crippen LogP contribution in [0.5, 0.6) is 0 Å². The van der Waals surface area contributed by atoms with E-state index in [-0.39, 0.29) is 11.9 Å². The zero-order valence-corrected chi connectivity index (χ0v) is 14.7. The number of carbonyl (C=O) groups is 1. The highest BCUT2D eigenvalue weighted by atomic mass is 16.1. The summed E-state index contributed by atoms with van der Waals surface area (Å²) in [5, 5.41) is 10.6. The topological polar surface area (TPSA) is 72.7 Å². The number of aryl methyl sites for hydroxylation is 2. The number of pyridine rings is 1. The summed E-state index contributed by atoms with van der Waals surface area (Å²) in [6, 6.07) is 9.98. The molecule has 2 aromatic heterocycles. The molecule has 2 heterocycles. The number of aromatic nitrogens is 4. The molecule has 6 heteroatoms. The van der Waals surface area contributed by atoms with Crippen molar-refractivity contribution in [2.45, 2.75) is 38.6 Å². The normalized spacial score (nSPS) is 14.5. The van der Waals surface area contributed by atoms with E-state index in [1.54, 1.807) is 35.6 Å². The molecule has 3 aromatic rings. The molecule has 1 aromatic carbocycles. The summed E-state index contributed by atoms with van der Waals surface area (Å²) < 4.78 is 1.67. The largest absolute Gasteiger partial charge is 0.346 e. The summed E-state index contributed by atoms with van der Waals surface area (Å²) in [6.07, 6.45) is 9.55. The molecule has 132 valence electrons. The Morgan fingerprint density at radius 1 is 1.08 bits per heavy atom. The lowest BCUT2D eigenvalue weighted by molar-refractivity contribution is 0.0939. The van der Waals surface area contributed by atoms with Gasteiger partial charge in [-0.1, -0.05) is 18.2 Å². The number of nitrogens with one attached hydrogen (secondary N) is 1. The molecule has 0 unspecified atom stereocenters. The van der Waals surface area contributed by atoms with Gasteiger partial charge in [0.25, 0.3) is 5.91 Å². The van der Waals surface area contributed by atoms with E-state index in [4.69, 9.17) is 0 Å². The average molecular weight is 347 g/mol. The molecule has 0 fully saturated rings. The Morgan fingerprint density at radius 3 is 2.65 bits per heavy atom. The van der Waals surface area contributed by atoms with Crippen molar-refractivity contribution in [1.82, 2.24) is 25.1 Å². The number of carbonyl (C=O) groups excluding carboxylic acids is 1. The standard InChI is InChI=1S/C20H21N5O/c1-14(16-7-6-15-4-2-3-5-17(15)10-16)24-20(26)18-8-9-21-19(11-18)25-12-22-23-13-25/h6-14H,2-5H2,1H3,(H,24,26)/t14-/m1/s1. The Balaban J connectivity index is 1.50. The molecule has 0 radical (unpaired) electrons. The van der Waals surface area contributed by atoms with E-state index in [9.17, 15) is 4.79 Å². The van der Waals surface area contributed by atoms with Crippen molar-refractivity contribution in [3.8, 4) is 5.82 Å². The number of nitrogens with zero attached hydrogens (tertiary/aromatic N) is 4. The third-order valence-electron chi connectivity index (χ3n) is 4.91. The molecule has 0 aliphatic heterocycles. The quantitative estimate of drug-likeness (QED) is 0.787. The van der Waals surface area contributed by atoms with Gasteiger partial charge in [0, 0.05) is 11.8 Å². The molecule has 4 rings (SSSR count). The van der Waals surface area contributed by atoms with Crippen LogP contribution in [0, 0.1) is 0 Å². The van der Waals surface area contributed by atoms with Crippen LogP contribution >= 0.6 is 0 Å². The second-order valence-electron chi connectivity index (χ2n) is 6.70. The van der Waals surface area contributed by atoms with Gasteiger partial charge < -0.3 is 5.32 Å². The van der Waals surface area contributed by atoms with E-state index in [1.165, 1.54) is 30.4 Å². The minimum Gasteiger partial charge on any atom is -0.346 e. The first-order valence-electron chi connectivity index (χ1n) is 8.94. The van der Waals surface area contributed by atoms with Crippen LogP contribution < -0.4 is 5.32 Å². The van der Waals surface area contributed by atoms with E-state index in [0.717, 1.165) is 12.0 Å². The lowest BCUT2D eigenvalue weighted by atomic mass is 9.89. The lowest BCUT2D eigenvalue weighted by Gasteiger charge is -2.20. The summed E-state index contributed by atoms with van der Waals surface area (Å²) in [5.41, 5.74) is 4.58. The summed E-state index contributed by atoms with van der Waals surface area (Å²) >= 11 is 0. The monoisotopic (exact) mass is 347 g/mol. The fraction of sp³-hybridized carbons (Fsp3) is 0.300. The maximum Gasteiger partial charge on any atom is 0.251 e. The van der Waals surface area contributed by atoms with Gasteiger partial charge >= 0.3 is 0 Å². The molecule has 1 N–H and O–H groups in total. The lowest BCUT2D eigenvalue weighted by Crippen LogP contribution is -2.27. The van der Waals surface area contributed by atoms with Crippen LogP contribution in [0.4, 0.5) is 0 Å². The molecule has 0 spiro atoms. The molecule has 1 aliphatic carbocycles. The summed E-state index contributed by atoms with van der Waals surface area (Å²) in [5.74, 6) is 0.496. The van der Waals surface area contributed by atoms with E-state index in [0.29, 0.717) is 11.4 Å². The molecule has 1 atom stereocenters. The Bertz CT molecular complexity index is 920. The molecule has 0 saturated heterocycles. The van der Waals surface area contributed by atoms with Crippen molar-refractivity contribution in [2.75, 3.05) is 0 Å². The summed E-state index contributed by atoms with van der Waals surface area (Å²) in [4.78, 5) is 16.9. The first-order chi connectivity index (χ1) is 12.7. The van der Waals surface area contributed by atoms with Gasteiger partial charge in [0.05, 0.1) is 6.04 Å². The van der Waals surface area contributed by atoms with Crippen LogP contribution in [0.25, 0.3) is 5.82 Å². The van der Waals surface area contributed by atoms with E-state index in [1.807, 2.05) is 6.92 Å². The third-order valence-corrected chi connectivity index (χ3v) is 4.91. The van der Waals surface area contributed by atoms with Crippen molar-refractivity contribution >= 4 is 5.91 Å². The minimum atomic E-state index is -0.119. The fourth-order valence-corrected chi connectivity index (χ4v) is 3.41. The van der Waals surface area contributed by atoms with Crippen LogP contribution in [0.2, 0.25) is 0 Å². The zero-order chi connectivity index (χ0) is 17.9. The number of benzene rings is 1. The number of rotatable bonds is 4. The van der Waals surface area contributed by atoms with Gasteiger partial charge in [0.1, 0.15) is 18.5 Å². The molecular weight excluding hydrogens is 326 g/mol. The van der Waals surface area contributed by atoms with E-state index < -0.39 is 0 Å².